The maximum Gasteiger partial charge on any atom is 0.244 e. The van der Waals surface area contributed by atoms with Crippen molar-refractivity contribution in [1.29, 1.82) is 0 Å². The van der Waals surface area contributed by atoms with Gasteiger partial charge in [0.25, 0.3) is 0 Å². The number of para-hydroxylation sites is 1. The predicted octanol–water partition coefficient (Wildman–Crippen LogP) is 3.53. The fourth-order valence-corrected chi connectivity index (χ4v) is 2.01. The molecule has 0 heterocycles. The Kier molecular flexibility index (Phi) is 7.01. The molecule has 1 rings (SSSR count). The number of likely N-dealkylation sites (N-methyl/N-ethyl adjacent to an activating group) is 1. The minimum Gasteiger partial charge on any atom is -0.374 e. The van der Waals surface area contributed by atoms with Crippen molar-refractivity contribution < 1.29 is 4.79 Å². The molecule has 0 aliphatic rings. The predicted molar refractivity (Wildman–Crippen MR) is 81.3 cm³/mol. The third-order valence-electron chi connectivity index (χ3n) is 3.36. The topological polar surface area (TPSA) is 32.3 Å². The molecule has 3 nitrogen and oxygen atoms in total. The van der Waals surface area contributed by atoms with Gasteiger partial charge in [0.15, 0.2) is 0 Å². The van der Waals surface area contributed by atoms with Gasteiger partial charge >= 0.3 is 0 Å². The zero-order chi connectivity index (χ0) is 14.1. The number of hydrogen-bond donors (Lipinski definition) is 1. The monoisotopic (exact) mass is 262 g/mol. The summed E-state index contributed by atoms with van der Waals surface area (Å²) in [5, 5.41) is 3.36. The molecule has 19 heavy (non-hydrogen) atoms. The smallest absolute Gasteiger partial charge is 0.244 e. The molecule has 1 unspecified atom stereocenters. The van der Waals surface area contributed by atoms with Crippen LogP contribution in [0.25, 0.3) is 0 Å². The second-order valence-electron chi connectivity index (χ2n) is 4.91. The summed E-state index contributed by atoms with van der Waals surface area (Å²) in [4.78, 5) is 14.1. The van der Waals surface area contributed by atoms with Gasteiger partial charge in [0.05, 0.1) is 0 Å². The number of anilines is 1. The van der Waals surface area contributed by atoms with Crippen LogP contribution in [-0.2, 0) is 4.79 Å². The van der Waals surface area contributed by atoms with E-state index in [0.717, 1.165) is 25.1 Å². The molecule has 3 heteroatoms. The summed E-state index contributed by atoms with van der Waals surface area (Å²) in [5.41, 5.74) is 1.02. The summed E-state index contributed by atoms with van der Waals surface area (Å²) in [6.45, 7) is 4.93. The number of amides is 1. The number of nitrogens with one attached hydrogen (secondary N) is 1. The van der Waals surface area contributed by atoms with Crippen molar-refractivity contribution in [3.05, 3.63) is 30.3 Å². The van der Waals surface area contributed by atoms with Gasteiger partial charge in [-0.1, -0.05) is 44.4 Å². The minimum absolute atomic E-state index is 0.112. The average molecular weight is 262 g/mol. The lowest BCUT2D eigenvalue weighted by molar-refractivity contribution is -0.130. The molecule has 0 fully saturated rings. The molecule has 106 valence electrons. The summed E-state index contributed by atoms with van der Waals surface area (Å²) in [6.07, 6.45) is 4.34. The van der Waals surface area contributed by atoms with E-state index in [-0.39, 0.29) is 11.9 Å². The van der Waals surface area contributed by atoms with Crippen LogP contribution in [0.5, 0.6) is 0 Å². The molecule has 1 aromatic rings. The molecule has 0 spiro atoms. The number of benzene rings is 1. The van der Waals surface area contributed by atoms with Crippen LogP contribution in [-0.4, -0.2) is 30.4 Å². The Bertz CT molecular complexity index is 364. The lowest BCUT2D eigenvalue weighted by Crippen LogP contribution is -2.40. The van der Waals surface area contributed by atoms with Crippen LogP contribution in [0.2, 0.25) is 0 Å². The number of rotatable bonds is 8. The summed E-state index contributed by atoms with van der Waals surface area (Å²) < 4.78 is 0. The Labute approximate surface area is 117 Å². The molecule has 1 amide bonds. The Morgan fingerprint density at radius 1 is 1.21 bits per heavy atom. The molecule has 0 saturated carbocycles. The summed E-state index contributed by atoms with van der Waals surface area (Å²) in [7, 11) is 1.86. The van der Waals surface area contributed by atoms with Gasteiger partial charge in [0.2, 0.25) is 5.91 Å². The van der Waals surface area contributed by atoms with Crippen molar-refractivity contribution in [3.8, 4) is 0 Å². The van der Waals surface area contributed by atoms with E-state index in [1.54, 1.807) is 4.90 Å². The van der Waals surface area contributed by atoms with Crippen molar-refractivity contribution in [2.45, 2.75) is 45.6 Å². The number of nitrogens with zero attached hydrogens (tertiary/aromatic N) is 1. The van der Waals surface area contributed by atoms with Gasteiger partial charge in [-0.25, -0.2) is 0 Å². The largest absolute Gasteiger partial charge is 0.374 e. The van der Waals surface area contributed by atoms with E-state index in [9.17, 15) is 4.79 Å². The fraction of sp³-hybridized carbons (Fsp3) is 0.562. The molecular formula is C16H26N2O. The number of carbonyl (C=O) groups excluding carboxylic acids is 1. The highest BCUT2D eigenvalue weighted by atomic mass is 16.2. The Balaban J connectivity index is 2.66. The van der Waals surface area contributed by atoms with Gasteiger partial charge in [0, 0.05) is 19.3 Å². The van der Waals surface area contributed by atoms with E-state index in [0.29, 0.717) is 0 Å². The third-order valence-corrected chi connectivity index (χ3v) is 3.36. The van der Waals surface area contributed by atoms with Crippen molar-refractivity contribution in [2.24, 2.45) is 0 Å². The first-order valence-corrected chi connectivity index (χ1v) is 7.25. The van der Waals surface area contributed by atoms with Gasteiger partial charge < -0.3 is 10.2 Å². The highest BCUT2D eigenvalue weighted by Gasteiger charge is 2.20. The van der Waals surface area contributed by atoms with Crippen LogP contribution in [0.15, 0.2) is 30.3 Å². The van der Waals surface area contributed by atoms with Crippen molar-refractivity contribution >= 4 is 11.6 Å². The van der Waals surface area contributed by atoms with E-state index in [2.05, 4.69) is 12.2 Å². The summed E-state index contributed by atoms with van der Waals surface area (Å²) >= 11 is 0. The second kappa shape index (κ2) is 8.57. The quantitative estimate of drug-likeness (QED) is 0.727. The van der Waals surface area contributed by atoms with Crippen LogP contribution >= 0.6 is 0 Å². The molecule has 0 aromatic heterocycles. The van der Waals surface area contributed by atoms with E-state index >= 15 is 0 Å². The Morgan fingerprint density at radius 3 is 2.47 bits per heavy atom. The zero-order valence-corrected chi connectivity index (χ0v) is 12.4. The summed E-state index contributed by atoms with van der Waals surface area (Å²) in [6, 6.07) is 9.85. The molecule has 0 aliphatic heterocycles. The van der Waals surface area contributed by atoms with Crippen molar-refractivity contribution in [2.75, 3.05) is 18.9 Å². The van der Waals surface area contributed by atoms with E-state index in [1.165, 1.54) is 12.8 Å². The molecule has 0 radical (unpaired) electrons. The normalized spacial score (nSPS) is 11.9. The lowest BCUT2D eigenvalue weighted by atomic mass is 10.1. The maximum atomic E-state index is 12.3. The highest BCUT2D eigenvalue weighted by molar-refractivity contribution is 5.84. The van der Waals surface area contributed by atoms with E-state index in [4.69, 9.17) is 0 Å². The van der Waals surface area contributed by atoms with Gasteiger partial charge in [-0.2, -0.15) is 0 Å². The molecule has 1 aromatic carbocycles. The maximum absolute atomic E-state index is 12.3. The number of hydrogen-bond acceptors (Lipinski definition) is 2. The first-order chi connectivity index (χ1) is 9.19. The van der Waals surface area contributed by atoms with Crippen LogP contribution in [0.3, 0.4) is 0 Å². The molecule has 0 aliphatic carbocycles. The first-order valence-electron chi connectivity index (χ1n) is 7.25. The number of carbonyl (C=O) groups is 1. The van der Waals surface area contributed by atoms with Crippen LogP contribution in [0.1, 0.15) is 39.5 Å². The van der Waals surface area contributed by atoms with Crippen LogP contribution < -0.4 is 5.32 Å². The molecular weight excluding hydrogens is 236 g/mol. The Morgan fingerprint density at radius 2 is 1.89 bits per heavy atom. The fourth-order valence-electron chi connectivity index (χ4n) is 2.01. The Hall–Kier alpha value is -1.51. The second-order valence-corrected chi connectivity index (χ2v) is 4.91. The SMILES string of the molecule is CCCCCC(Nc1ccccc1)C(=O)N(C)CC. The van der Waals surface area contributed by atoms with Crippen molar-refractivity contribution in [3.63, 3.8) is 0 Å². The zero-order valence-electron chi connectivity index (χ0n) is 12.4. The standard InChI is InChI=1S/C16H26N2O/c1-4-6-8-13-15(16(19)18(3)5-2)17-14-11-9-7-10-12-14/h7,9-12,15,17H,4-6,8,13H2,1-3H3. The average Bonchev–Trinajstić information content (AvgIpc) is 2.46. The van der Waals surface area contributed by atoms with Gasteiger partial charge in [-0.15, -0.1) is 0 Å². The van der Waals surface area contributed by atoms with Crippen LogP contribution in [0.4, 0.5) is 5.69 Å². The van der Waals surface area contributed by atoms with E-state index < -0.39 is 0 Å². The van der Waals surface area contributed by atoms with Gasteiger partial charge in [-0.3, -0.25) is 4.79 Å². The van der Waals surface area contributed by atoms with E-state index in [1.807, 2.05) is 44.3 Å². The molecule has 0 saturated heterocycles. The third kappa shape index (κ3) is 5.33. The van der Waals surface area contributed by atoms with Crippen molar-refractivity contribution in [1.82, 2.24) is 4.90 Å². The van der Waals surface area contributed by atoms with Crippen LogP contribution in [0, 0.1) is 0 Å². The molecule has 1 N–H and O–H groups in total. The first kappa shape index (κ1) is 15.5. The lowest BCUT2D eigenvalue weighted by Gasteiger charge is -2.24. The summed E-state index contributed by atoms with van der Waals surface area (Å²) in [5.74, 6) is 0.183. The van der Waals surface area contributed by atoms with Gasteiger partial charge in [0.1, 0.15) is 6.04 Å². The van der Waals surface area contributed by atoms with Gasteiger partial charge in [-0.05, 0) is 25.5 Å². The highest BCUT2D eigenvalue weighted by Crippen LogP contribution is 2.13. The number of unbranched alkanes of at least 4 members (excludes halogenated alkanes) is 2. The molecule has 0 bridgehead atoms. The molecule has 1 atom stereocenters. The minimum atomic E-state index is -0.112.